The van der Waals surface area contributed by atoms with Gasteiger partial charge in [-0.2, -0.15) is 0 Å². The van der Waals surface area contributed by atoms with Crippen molar-refractivity contribution in [3.05, 3.63) is 70.8 Å². The summed E-state index contributed by atoms with van der Waals surface area (Å²) in [6, 6.07) is 18.6. The third kappa shape index (κ3) is 5.07. The quantitative estimate of drug-likeness (QED) is 0.493. The van der Waals surface area contributed by atoms with Crippen LogP contribution in [0.3, 0.4) is 0 Å². The van der Waals surface area contributed by atoms with E-state index in [0.717, 1.165) is 23.7 Å². The smallest absolute Gasteiger partial charge is 0.0162 e. The lowest BCUT2D eigenvalue weighted by molar-refractivity contribution is 0.252. The molecule has 0 amide bonds. The number of aryl methyl sites for hydroxylation is 2. The minimum atomic E-state index is 0.821. The summed E-state index contributed by atoms with van der Waals surface area (Å²) >= 11 is 0. The molecule has 28 heavy (non-hydrogen) atoms. The van der Waals surface area contributed by atoms with Crippen molar-refractivity contribution in [3.8, 4) is 0 Å². The molecule has 0 nitrogen and oxygen atoms in total. The Morgan fingerprint density at radius 2 is 0.821 bits per heavy atom. The van der Waals surface area contributed by atoms with E-state index in [0.29, 0.717) is 0 Å². The molecule has 0 heterocycles. The highest BCUT2D eigenvalue weighted by Gasteiger charge is 2.25. The van der Waals surface area contributed by atoms with Gasteiger partial charge in [0.1, 0.15) is 0 Å². The topological polar surface area (TPSA) is 0 Å². The number of hydrogen-bond donors (Lipinski definition) is 0. The summed E-state index contributed by atoms with van der Waals surface area (Å²) in [5.41, 5.74) is 5.93. The summed E-state index contributed by atoms with van der Waals surface area (Å²) in [7, 11) is 0. The molecule has 0 radical (unpaired) electrons. The predicted molar refractivity (Wildman–Crippen MR) is 121 cm³/mol. The van der Waals surface area contributed by atoms with Crippen LogP contribution in [0.4, 0.5) is 0 Å². The van der Waals surface area contributed by atoms with Gasteiger partial charge in [0.2, 0.25) is 0 Å². The second-order valence-electron chi connectivity index (χ2n) is 9.83. The van der Waals surface area contributed by atoms with E-state index in [-0.39, 0.29) is 0 Å². The van der Waals surface area contributed by atoms with E-state index in [9.17, 15) is 0 Å². The van der Waals surface area contributed by atoms with Gasteiger partial charge in [-0.1, -0.05) is 72.5 Å². The fourth-order valence-electron chi connectivity index (χ4n) is 5.72. The average molecular weight is 375 g/mol. The molecule has 4 rings (SSSR count). The van der Waals surface area contributed by atoms with Crippen molar-refractivity contribution in [2.75, 3.05) is 0 Å². The Morgan fingerprint density at radius 1 is 0.500 bits per heavy atom. The van der Waals surface area contributed by atoms with Gasteiger partial charge in [0, 0.05) is 0 Å². The van der Waals surface area contributed by atoms with Crippen LogP contribution in [-0.2, 0) is 0 Å². The van der Waals surface area contributed by atoms with Crippen LogP contribution in [0.5, 0.6) is 0 Å². The highest BCUT2D eigenvalue weighted by Crippen LogP contribution is 2.41. The molecule has 0 aliphatic heterocycles. The lowest BCUT2D eigenvalue weighted by Crippen LogP contribution is -2.17. The predicted octanol–water partition coefficient (Wildman–Crippen LogP) is 8.33. The average Bonchev–Trinajstić information content (AvgIpc) is 2.74. The molecule has 0 unspecified atom stereocenters. The Balaban J connectivity index is 1.17. The zero-order valence-corrected chi connectivity index (χ0v) is 18.0. The third-order valence-corrected chi connectivity index (χ3v) is 7.77. The maximum atomic E-state index is 2.37. The van der Waals surface area contributed by atoms with Crippen LogP contribution in [-0.4, -0.2) is 0 Å². The van der Waals surface area contributed by atoms with Crippen LogP contribution in [0.2, 0.25) is 0 Å². The molecule has 0 N–H and O–H groups in total. The maximum Gasteiger partial charge on any atom is -0.0162 e. The fourth-order valence-corrected chi connectivity index (χ4v) is 5.72. The minimum Gasteiger partial charge on any atom is -0.0590 e. The molecule has 0 saturated heterocycles. The van der Waals surface area contributed by atoms with Crippen molar-refractivity contribution in [2.24, 2.45) is 11.8 Å². The molecule has 2 aliphatic rings. The first-order valence-electron chi connectivity index (χ1n) is 11.8. The van der Waals surface area contributed by atoms with Crippen molar-refractivity contribution < 1.29 is 0 Å². The molecule has 2 fully saturated rings. The molecule has 2 aromatic rings. The summed E-state index contributed by atoms with van der Waals surface area (Å²) in [6.45, 7) is 4.38. The maximum absolute atomic E-state index is 2.37. The van der Waals surface area contributed by atoms with E-state index in [1.165, 1.54) is 75.3 Å². The summed E-state index contributed by atoms with van der Waals surface area (Å²) < 4.78 is 0. The second-order valence-corrected chi connectivity index (χ2v) is 9.83. The van der Waals surface area contributed by atoms with Crippen LogP contribution < -0.4 is 0 Å². The molecule has 0 bridgehead atoms. The molecule has 150 valence electrons. The monoisotopic (exact) mass is 374 g/mol. The van der Waals surface area contributed by atoms with Crippen molar-refractivity contribution in [1.82, 2.24) is 0 Å². The summed E-state index contributed by atoms with van der Waals surface area (Å²) in [4.78, 5) is 0. The van der Waals surface area contributed by atoms with Crippen molar-refractivity contribution in [1.29, 1.82) is 0 Å². The van der Waals surface area contributed by atoms with Gasteiger partial charge in [-0.15, -0.1) is 0 Å². The Morgan fingerprint density at radius 3 is 1.14 bits per heavy atom. The summed E-state index contributed by atoms with van der Waals surface area (Å²) in [5.74, 6) is 3.64. The number of hydrogen-bond acceptors (Lipinski definition) is 0. The van der Waals surface area contributed by atoms with Crippen LogP contribution in [0.15, 0.2) is 48.5 Å². The normalized spacial score (nSPS) is 28.2. The molecular weight excluding hydrogens is 336 g/mol. The van der Waals surface area contributed by atoms with Gasteiger partial charge in [0.25, 0.3) is 0 Å². The van der Waals surface area contributed by atoms with Crippen LogP contribution in [0.25, 0.3) is 0 Å². The van der Waals surface area contributed by atoms with Crippen LogP contribution >= 0.6 is 0 Å². The molecule has 0 aromatic heterocycles. The SMILES string of the molecule is Cc1ccc(C2CCC(CCC3CCC(c4ccc(C)cc4)CC3)CC2)cc1. The standard InChI is InChI=1S/C28H38/c1-21-3-13-25(14-4-21)27-17-9-23(10-18-27)7-8-24-11-19-28(20-12-24)26-15-5-22(2)6-16-26/h3-6,13-16,23-24,27-28H,7-12,17-20H2,1-2H3. The second kappa shape index (κ2) is 9.29. The lowest BCUT2D eigenvalue weighted by atomic mass is 9.73. The van der Waals surface area contributed by atoms with Gasteiger partial charge in [0.05, 0.1) is 0 Å². The first-order chi connectivity index (χ1) is 13.7. The van der Waals surface area contributed by atoms with E-state index < -0.39 is 0 Å². The van der Waals surface area contributed by atoms with Gasteiger partial charge in [-0.05, 0) is 100 Å². The Hall–Kier alpha value is -1.56. The molecule has 0 heteroatoms. The van der Waals surface area contributed by atoms with Crippen molar-refractivity contribution >= 4 is 0 Å². The largest absolute Gasteiger partial charge is 0.0590 e. The van der Waals surface area contributed by atoms with E-state index in [1.807, 2.05) is 0 Å². The molecule has 0 spiro atoms. The van der Waals surface area contributed by atoms with Crippen LogP contribution in [0.1, 0.15) is 98.3 Å². The highest BCUT2D eigenvalue weighted by molar-refractivity contribution is 5.25. The molecular formula is C28H38. The van der Waals surface area contributed by atoms with Crippen molar-refractivity contribution in [3.63, 3.8) is 0 Å². The zero-order chi connectivity index (χ0) is 19.3. The molecule has 2 aliphatic carbocycles. The van der Waals surface area contributed by atoms with E-state index in [2.05, 4.69) is 62.4 Å². The van der Waals surface area contributed by atoms with Gasteiger partial charge in [0.15, 0.2) is 0 Å². The fraction of sp³-hybridized carbons (Fsp3) is 0.571. The third-order valence-electron chi connectivity index (χ3n) is 7.77. The number of benzene rings is 2. The van der Waals surface area contributed by atoms with Crippen LogP contribution in [0, 0.1) is 25.7 Å². The molecule has 2 saturated carbocycles. The van der Waals surface area contributed by atoms with E-state index >= 15 is 0 Å². The van der Waals surface area contributed by atoms with E-state index in [1.54, 1.807) is 11.1 Å². The first-order valence-corrected chi connectivity index (χ1v) is 11.8. The minimum absolute atomic E-state index is 0.821. The van der Waals surface area contributed by atoms with Gasteiger partial charge in [-0.3, -0.25) is 0 Å². The van der Waals surface area contributed by atoms with E-state index in [4.69, 9.17) is 0 Å². The molecule has 2 aromatic carbocycles. The Kier molecular flexibility index (Phi) is 6.55. The summed E-state index contributed by atoms with van der Waals surface area (Å²) in [6.07, 6.45) is 14.4. The highest BCUT2D eigenvalue weighted by atomic mass is 14.3. The number of rotatable bonds is 5. The zero-order valence-electron chi connectivity index (χ0n) is 18.0. The van der Waals surface area contributed by atoms with Gasteiger partial charge < -0.3 is 0 Å². The lowest BCUT2D eigenvalue weighted by Gasteiger charge is -2.32. The van der Waals surface area contributed by atoms with Crippen molar-refractivity contribution in [2.45, 2.75) is 89.9 Å². The van der Waals surface area contributed by atoms with Gasteiger partial charge in [-0.25, -0.2) is 0 Å². The first kappa shape index (κ1) is 19.7. The Bertz CT molecular complexity index is 642. The van der Waals surface area contributed by atoms with Gasteiger partial charge >= 0.3 is 0 Å². The Labute approximate surface area is 172 Å². The molecule has 0 atom stereocenters. The summed E-state index contributed by atoms with van der Waals surface area (Å²) in [5, 5.41) is 0.